The van der Waals surface area contributed by atoms with Crippen LogP contribution in [0.25, 0.3) is 0 Å². The standard InChI is InChI=1S/C26H27ClF4N6O3/c1-32-18-9-16(12-33-13-18)25(39)34-6-2-7-40-8-5-24(38)36-15-23-21(27)11-19(14-35-23)37-22-4-3-17(28)10-20(22)26(29,30)31/h3-4,9-14,32,37H,2,5-8,15H2,1H3,(H,34,39)(H,36,38). The molecular weight excluding hydrogens is 556 g/mol. The number of nitrogens with zero attached hydrogens (tertiary/aromatic N) is 2. The highest BCUT2D eigenvalue weighted by Gasteiger charge is 2.34. The first kappa shape index (κ1) is 30.6. The van der Waals surface area contributed by atoms with E-state index >= 15 is 0 Å². The topological polar surface area (TPSA) is 117 Å². The number of alkyl halides is 3. The molecule has 0 saturated carbocycles. The molecule has 0 bridgehead atoms. The van der Waals surface area contributed by atoms with E-state index in [4.69, 9.17) is 16.3 Å². The largest absolute Gasteiger partial charge is 0.418 e. The number of aromatic nitrogens is 2. The lowest BCUT2D eigenvalue weighted by atomic mass is 10.1. The second-order valence-corrected chi connectivity index (χ2v) is 8.83. The Labute approximate surface area is 232 Å². The molecule has 14 heteroatoms. The third kappa shape index (κ3) is 9.35. The van der Waals surface area contributed by atoms with Crippen LogP contribution in [-0.4, -0.2) is 48.6 Å². The van der Waals surface area contributed by atoms with Gasteiger partial charge >= 0.3 is 6.18 Å². The lowest BCUT2D eigenvalue weighted by Crippen LogP contribution is -2.26. The Kier molecular flexibility index (Phi) is 11.0. The molecule has 0 unspecified atom stereocenters. The van der Waals surface area contributed by atoms with Crippen molar-refractivity contribution in [1.29, 1.82) is 0 Å². The van der Waals surface area contributed by atoms with Crippen LogP contribution in [0.4, 0.5) is 34.6 Å². The van der Waals surface area contributed by atoms with E-state index < -0.39 is 17.6 Å². The van der Waals surface area contributed by atoms with Gasteiger partial charge in [0.05, 0.1) is 58.3 Å². The fraction of sp³-hybridized carbons (Fsp3) is 0.308. The maximum atomic E-state index is 13.3. The number of amides is 2. The zero-order valence-electron chi connectivity index (χ0n) is 21.4. The number of ether oxygens (including phenoxy) is 1. The third-order valence-electron chi connectivity index (χ3n) is 5.45. The second-order valence-electron chi connectivity index (χ2n) is 8.43. The van der Waals surface area contributed by atoms with Gasteiger partial charge in [0.15, 0.2) is 0 Å². The lowest BCUT2D eigenvalue weighted by molar-refractivity contribution is -0.137. The number of carbonyl (C=O) groups excluding carboxylic acids is 2. The summed E-state index contributed by atoms with van der Waals surface area (Å²) in [7, 11) is 1.73. The number of anilines is 3. The number of pyridine rings is 2. The van der Waals surface area contributed by atoms with Crippen molar-refractivity contribution in [1.82, 2.24) is 20.6 Å². The molecule has 2 aromatic heterocycles. The summed E-state index contributed by atoms with van der Waals surface area (Å²) in [6, 6.07) is 5.32. The van der Waals surface area contributed by atoms with Gasteiger partial charge in [0.25, 0.3) is 5.91 Å². The molecule has 1 aromatic carbocycles. The average Bonchev–Trinajstić information content (AvgIpc) is 2.92. The van der Waals surface area contributed by atoms with Gasteiger partial charge in [-0.1, -0.05) is 11.6 Å². The van der Waals surface area contributed by atoms with Gasteiger partial charge in [-0.3, -0.25) is 19.6 Å². The summed E-state index contributed by atoms with van der Waals surface area (Å²) in [5.74, 6) is -1.58. The fourth-order valence-electron chi connectivity index (χ4n) is 3.40. The third-order valence-corrected chi connectivity index (χ3v) is 5.78. The quantitative estimate of drug-likeness (QED) is 0.167. The van der Waals surface area contributed by atoms with E-state index in [9.17, 15) is 27.2 Å². The predicted octanol–water partition coefficient (Wildman–Crippen LogP) is 4.92. The first-order valence-corrected chi connectivity index (χ1v) is 12.5. The Bertz CT molecular complexity index is 1330. The number of hydrogen-bond acceptors (Lipinski definition) is 7. The summed E-state index contributed by atoms with van der Waals surface area (Å²) in [6.45, 7) is 0.895. The predicted molar refractivity (Wildman–Crippen MR) is 142 cm³/mol. The molecule has 0 aliphatic carbocycles. The SMILES string of the molecule is CNc1cncc(C(=O)NCCCOCCC(=O)NCc2ncc(Nc3ccc(F)cc3C(F)(F)F)cc2Cl)c1. The van der Waals surface area contributed by atoms with Gasteiger partial charge in [0.2, 0.25) is 5.91 Å². The maximum absolute atomic E-state index is 13.3. The molecule has 0 fully saturated rings. The van der Waals surface area contributed by atoms with Crippen LogP contribution in [0.15, 0.2) is 48.9 Å². The molecule has 40 heavy (non-hydrogen) atoms. The monoisotopic (exact) mass is 582 g/mol. The smallest absolute Gasteiger partial charge is 0.387 e. The van der Waals surface area contributed by atoms with Crippen LogP contribution in [-0.2, 0) is 22.3 Å². The number of hydrogen-bond donors (Lipinski definition) is 4. The molecule has 2 heterocycles. The summed E-state index contributed by atoms with van der Waals surface area (Å²) in [6.07, 6.45) is 0.206. The highest BCUT2D eigenvalue weighted by Crippen LogP contribution is 2.36. The molecule has 0 aliphatic rings. The van der Waals surface area contributed by atoms with Crippen molar-refractivity contribution in [2.24, 2.45) is 0 Å². The Hall–Kier alpha value is -3.97. The zero-order chi connectivity index (χ0) is 29.1. The molecular formula is C26H27ClF4N6O3. The Balaban J connectivity index is 1.35. The van der Waals surface area contributed by atoms with Gasteiger partial charge in [-0.15, -0.1) is 0 Å². The summed E-state index contributed by atoms with van der Waals surface area (Å²) >= 11 is 6.19. The van der Waals surface area contributed by atoms with Crippen molar-refractivity contribution in [2.75, 3.05) is 37.4 Å². The van der Waals surface area contributed by atoms with E-state index in [0.717, 1.165) is 17.8 Å². The number of nitrogens with one attached hydrogen (secondary N) is 4. The molecule has 4 N–H and O–H groups in total. The van der Waals surface area contributed by atoms with Crippen molar-refractivity contribution in [3.8, 4) is 0 Å². The highest BCUT2D eigenvalue weighted by molar-refractivity contribution is 6.31. The number of carbonyl (C=O) groups is 2. The summed E-state index contributed by atoms with van der Waals surface area (Å²) < 4.78 is 58.4. The van der Waals surface area contributed by atoms with E-state index in [2.05, 4.69) is 31.2 Å². The van der Waals surface area contributed by atoms with Crippen LogP contribution >= 0.6 is 11.6 Å². The Morgan fingerprint density at radius 2 is 1.82 bits per heavy atom. The molecule has 0 atom stereocenters. The van der Waals surface area contributed by atoms with Gasteiger partial charge in [-0.25, -0.2) is 4.39 Å². The van der Waals surface area contributed by atoms with E-state index in [1.54, 1.807) is 19.3 Å². The molecule has 0 spiro atoms. The number of rotatable bonds is 13. The normalized spacial score (nSPS) is 11.2. The molecule has 2 amide bonds. The van der Waals surface area contributed by atoms with Crippen molar-refractivity contribution >= 4 is 40.5 Å². The van der Waals surface area contributed by atoms with Gasteiger partial charge < -0.3 is 26.0 Å². The summed E-state index contributed by atoms with van der Waals surface area (Å²) in [4.78, 5) is 32.3. The Morgan fingerprint density at radius 1 is 1.02 bits per heavy atom. The fourth-order valence-corrected chi connectivity index (χ4v) is 3.63. The van der Waals surface area contributed by atoms with Crippen LogP contribution < -0.4 is 21.3 Å². The van der Waals surface area contributed by atoms with Crippen molar-refractivity contribution in [3.05, 3.63) is 76.6 Å². The molecule has 0 saturated heterocycles. The van der Waals surface area contributed by atoms with Crippen molar-refractivity contribution in [2.45, 2.75) is 25.6 Å². The van der Waals surface area contributed by atoms with Gasteiger partial charge in [0, 0.05) is 39.0 Å². The minimum atomic E-state index is -4.76. The van der Waals surface area contributed by atoms with E-state index in [1.807, 2.05) is 0 Å². The second kappa shape index (κ2) is 14.4. The van der Waals surface area contributed by atoms with Crippen molar-refractivity contribution in [3.63, 3.8) is 0 Å². The van der Waals surface area contributed by atoms with Crippen LogP contribution in [0, 0.1) is 5.82 Å². The van der Waals surface area contributed by atoms with Crippen LogP contribution in [0.1, 0.15) is 34.5 Å². The molecule has 214 valence electrons. The van der Waals surface area contributed by atoms with Gasteiger partial charge in [0.1, 0.15) is 5.82 Å². The highest BCUT2D eigenvalue weighted by atomic mass is 35.5. The van der Waals surface area contributed by atoms with Gasteiger partial charge in [-0.2, -0.15) is 13.2 Å². The number of halogens is 5. The van der Waals surface area contributed by atoms with Crippen LogP contribution in [0.3, 0.4) is 0 Å². The lowest BCUT2D eigenvalue weighted by Gasteiger charge is -2.15. The first-order chi connectivity index (χ1) is 19.1. The average molecular weight is 583 g/mol. The summed E-state index contributed by atoms with van der Waals surface area (Å²) in [5, 5.41) is 11.0. The minimum Gasteiger partial charge on any atom is -0.387 e. The van der Waals surface area contributed by atoms with Crippen LogP contribution in [0.2, 0.25) is 5.02 Å². The summed E-state index contributed by atoms with van der Waals surface area (Å²) in [5.41, 5.74) is 0.110. The zero-order valence-corrected chi connectivity index (χ0v) is 22.1. The first-order valence-electron chi connectivity index (χ1n) is 12.1. The molecule has 0 aliphatic heterocycles. The van der Waals surface area contributed by atoms with E-state index in [1.165, 1.54) is 18.5 Å². The molecule has 0 radical (unpaired) electrons. The van der Waals surface area contributed by atoms with E-state index in [-0.39, 0.29) is 47.8 Å². The van der Waals surface area contributed by atoms with Gasteiger partial charge in [-0.05, 0) is 36.8 Å². The number of benzene rings is 1. The molecule has 3 aromatic rings. The minimum absolute atomic E-state index is 0.00205. The van der Waals surface area contributed by atoms with Crippen molar-refractivity contribution < 1.29 is 31.9 Å². The Morgan fingerprint density at radius 3 is 2.55 bits per heavy atom. The molecule has 3 rings (SSSR count). The van der Waals surface area contributed by atoms with E-state index in [0.29, 0.717) is 36.9 Å². The maximum Gasteiger partial charge on any atom is 0.418 e. The molecule has 9 nitrogen and oxygen atoms in total. The van der Waals surface area contributed by atoms with Crippen LogP contribution in [0.5, 0.6) is 0 Å².